The molecule has 0 fully saturated rings. The molecule has 1 nitrogen and oxygen atoms in total. The van der Waals surface area contributed by atoms with Crippen LogP contribution < -0.4 is 4.74 Å². The van der Waals surface area contributed by atoms with Crippen molar-refractivity contribution in [1.29, 1.82) is 0 Å². The van der Waals surface area contributed by atoms with Crippen molar-refractivity contribution in [3.05, 3.63) is 169 Å². The average Bonchev–Trinajstić information content (AvgIpc) is 3.36. The molecule has 0 radical (unpaired) electrons. The highest BCUT2D eigenvalue weighted by molar-refractivity contribution is 6.10. The van der Waals surface area contributed by atoms with Gasteiger partial charge in [-0.15, -0.1) is 0 Å². The van der Waals surface area contributed by atoms with E-state index in [1.54, 1.807) is 0 Å². The lowest BCUT2D eigenvalue weighted by Crippen LogP contribution is -2.15. The van der Waals surface area contributed by atoms with Gasteiger partial charge in [0.2, 0.25) is 0 Å². The number of rotatable bonds is 3. The Labute approximate surface area is 280 Å². The Morgan fingerprint density at radius 3 is 1.83 bits per heavy atom. The van der Waals surface area contributed by atoms with Crippen LogP contribution in [0.15, 0.2) is 158 Å². The molecule has 48 heavy (non-hydrogen) atoms. The second kappa shape index (κ2) is 10.0. The Morgan fingerprint density at radius 1 is 0.375 bits per heavy atom. The van der Waals surface area contributed by atoms with E-state index in [4.69, 9.17) is 4.74 Å². The lowest BCUT2D eigenvalue weighted by molar-refractivity contribution is 0.487. The molecular weight excluding hydrogens is 581 g/mol. The number of fused-ring (bicyclic) bond motifs is 6. The molecule has 2 aliphatic rings. The Bertz CT molecular complexity index is 2610. The second-order valence-electron chi connectivity index (χ2n) is 13.7. The van der Waals surface area contributed by atoms with Crippen molar-refractivity contribution in [2.75, 3.05) is 0 Å². The summed E-state index contributed by atoms with van der Waals surface area (Å²) in [5.74, 6) is 1.81. The highest BCUT2D eigenvalue weighted by atomic mass is 16.5. The minimum absolute atomic E-state index is 0.0709. The maximum absolute atomic E-state index is 6.54. The van der Waals surface area contributed by atoms with Crippen LogP contribution in [0, 0.1) is 0 Å². The largest absolute Gasteiger partial charge is 0.456 e. The highest BCUT2D eigenvalue weighted by Gasteiger charge is 2.36. The van der Waals surface area contributed by atoms with E-state index in [-0.39, 0.29) is 5.41 Å². The predicted molar refractivity (Wildman–Crippen MR) is 201 cm³/mol. The third kappa shape index (κ3) is 3.98. The van der Waals surface area contributed by atoms with Gasteiger partial charge in [-0.3, -0.25) is 0 Å². The standard InChI is InChI=1S/C47H32O/c1-47(2)42-28-35(18-20-37(42)40-25-32-12-6-7-13-33(32)27-43(40)47)31-15-8-14-30(24-31)34-19-22-44-41(26-34)39-17-9-16-38-36(29-10-4-3-5-11-29)21-23-45(48-44)46(38)39/h3-28H,1-2H3. The van der Waals surface area contributed by atoms with Crippen molar-refractivity contribution >= 4 is 21.5 Å². The van der Waals surface area contributed by atoms with Crippen LogP contribution >= 0.6 is 0 Å². The van der Waals surface area contributed by atoms with Gasteiger partial charge in [0.15, 0.2) is 0 Å². The van der Waals surface area contributed by atoms with Crippen LogP contribution in [0.1, 0.15) is 25.0 Å². The summed E-state index contributed by atoms with van der Waals surface area (Å²) in [7, 11) is 0. The summed E-state index contributed by atoms with van der Waals surface area (Å²) in [6.45, 7) is 4.73. The zero-order chi connectivity index (χ0) is 32.0. The van der Waals surface area contributed by atoms with Crippen molar-refractivity contribution in [3.63, 3.8) is 0 Å². The van der Waals surface area contributed by atoms with Gasteiger partial charge in [0.25, 0.3) is 0 Å². The molecule has 0 N–H and O–H groups in total. The van der Waals surface area contributed by atoms with Crippen molar-refractivity contribution in [2.45, 2.75) is 19.3 Å². The number of benzene rings is 8. The molecule has 1 heterocycles. The monoisotopic (exact) mass is 612 g/mol. The van der Waals surface area contributed by atoms with Gasteiger partial charge in [0, 0.05) is 16.4 Å². The van der Waals surface area contributed by atoms with E-state index in [2.05, 4.69) is 172 Å². The first-order chi connectivity index (χ1) is 23.5. The Morgan fingerprint density at radius 2 is 1.00 bits per heavy atom. The molecule has 0 unspecified atom stereocenters. The minimum Gasteiger partial charge on any atom is -0.456 e. The molecule has 226 valence electrons. The van der Waals surface area contributed by atoms with Crippen LogP contribution in [-0.4, -0.2) is 0 Å². The summed E-state index contributed by atoms with van der Waals surface area (Å²) in [6.07, 6.45) is 0. The fraction of sp³-hybridized carbons (Fsp3) is 0.0638. The molecule has 0 aromatic heterocycles. The van der Waals surface area contributed by atoms with Gasteiger partial charge in [0.05, 0.1) is 0 Å². The summed E-state index contributed by atoms with van der Waals surface area (Å²) < 4.78 is 6.54. The SMILES string of the molecule is CC1(C)c2cc(-c3cccc(-c4ccc5c(c4)-c4cccc6c(-c7ccccc7)ccc(c46)O5)c3)ccc2-c2cc3ccccc3cc21. The van der Waals surface area contributed by atoms with Gasteiger partial charge in [0.1, 0.15) is 11.5 Å². The smallest absolute Gasteiger partial charge is 0.135 e. The number of hydrogen-bond acceptors (Lipinski definition) is 1. The van der Waals surface area contributed by atoms with E-state index in [0.29, 0.717) is 0 Å². The Balaban J connectivity index is 1.05. The van der Waals surface area contributed by atoms with Crippen molar-refractivity contribution in [3.8, 4) is 67.1 Å². The Kier molecular flexibility index (Phi) is 5.69. The number of hydrogen-bond donors (Lipinski definition) is 0. The van der Waals surface area contributed by atoms with Gasteiger partial charge in [-0.1, -0.05) is 129 Å². The van der Waals surface area contributed by atoms with E-state index in [9.17, 15) is 0 Å². The molecule has 0 saturated heterocycles. The van der Waals surface area contributed by atoms with Gasteiger partial charge in [-0.05, 0) is 120 Å². The van der Waals surface area contributed by atoms with Crippen LogP contribution in [-0.2, 0) is 5.41 Å². The summed E-state index contributed by atoms with van der Waals surface area (Å²) in [5, 5.41) is 4.98. The molecule has 1 aliphatic heterocycles. The van der Waals surface area contributed by atoms with Crippen molar-refractivity contribution in [1.82, 2.24) is 0 Å². The molecule has 1 aliphatic carbocycles. The van der Waals surface area contributed by atoms with Crippen LogP contribution in [0.3, 0.4) is 0 Å². The molecule has 0 spiro atoms. The molecule has 8 aromatic carbocycles. The van der Waals surface area contributed by atoms with Crippen LogP contribution in [0.4, 0.5) is 0 Å². The molecule has 0 bridgehead atoms. The second-order valence-corrected chi connectivity index (χ2v) is 13.7. The molecule has 1 heteroatoms. The van der Waals surface area contributed by atoms with Gasteiger partial charge in [-0.25, -0.2) is 0 Å². The molecular formula is C47H32O. The van der Waals surface area contributed by atoms with Gasteiger partial charge < -0.3 is 4.74 Å². The minimum atomic E-state index is -0.0709. The summed E-state index contributed by atoms with van der Waals surface area (Å²) >= 11 is 0. The summed E-state index contributed by atoms with van der Waals surface area (Å²) in [6, 6.07) is 57.6. The third-order valence-electron chi connectivity index (χ3n) is 10.6. The van der Waals surface area contributed by atoms with Crippen molar-refractivity contribution < 1.29 is 4.74 Å². The first-order valence-corrected chi connectivity index (χ1v) is 16.8. The van der Waals surface area contributed by atoms with Crippen LogP contribution in [0.5, 0.6) is 11.5 Å². The van der Waals surface area contributed by atoms with E-state index in [0.717, 1.165) is 17.1 Å². The van der Waals surface area contributed by atoms with E-state index >= 15 is 0 Å². The Hall–Kier alpha value is -5.92. The fourth-order valence-corrected chi connectivity index (χ4v) is 8.16. The summed E-state index contributed by atoms with van der Waals surface area (Å²) in [4.78, 5) is 0. The lowest BCUT2D eigenvalue weighted by Gasteiger charge is -2.23. The zero-order valence-electron chi connectivity index (χ0n) is 26.9. The van der Waals surface area contributed by atoms with E-state index < -0.39 is 0 Å². The zero-order valence-corrected chi connectivity index (χ0v) is 26.9. The molecule has 8 aromatic rings. The molecule has 0 saturated carbocycles. The molecule has 10 rings (SSSR count). The first kappa shape index (κ1) is 27.2. The quantitative estimate of drug-likeness (QED) is 0.193. The average molecular weight is 613 g/mol. The van der Waals surface area contributed by atoms with Crippen LogP contribution in [0.25, 0.3) is 77.2 Å². The normalized spacial score (nSPS) is 13.5. The highest BCUT2D eigenvalue weighted by Crippen LogP contribution is 2.52. The third-order valence-corrected chi connectivity index (χ3v) is 10.6. The number of ether oxygens (including phenoxy) is 1. The van der Waals surface area contributed by atoms with Gasteiger partial charge in [-0.2, -0.15) is 0 Å². The maximum atomic E-state index is 6.54. The van der Waals surface area contributed by atoms with E-state index in [1.807, 2.05) is 0 Å². The topological polar surface area (TPSA) is 9.23 Å². The first-order valence-electron chi connectivity index (χ1n) is 16.8. The van der Waals surface area contributed by atoms with Gasteiger partial charge >= 0.3 is 0 Å². The van der Waals surface area contributed by atoms with Crippen molar-refractivity contribution in [2.24, 2.45) is 0 Å². The molecule has 0 amide bonds. The molecule has 0 atom stereocenters. The van der Waals surface area contributed by atoms with E-state index in [1.165, 1.54) is 82.7 Å². The predicted octanol–water partition coefficient (Wildman–Crippen LogP) is 13.1. The lowest BCUT2D eigenvalue weighted by atomic mass is 9.81. The maximum Gasteiger partial charge on any atom is 0.135 e. The summed E-state index contributed by atoms with van der Waals surface area (Å²) in [5.41, 5.74) is 15.1. The fourth-order valence-electron chi connectivity index (χ4n) is 8.16. The van der Waals surface area contributed by atoms with Crippen LogP contribution in [0.2, 0.25) is 0 Å².